The Bertz CT molecular complexity index is 445. The van der Waals surface area contributed by atoms with E-state index in [0.29, 0.717) is 6.42 Å². The van der Waals surface area contributed by atoms with Gasteiger partial charge in [-0.25, -0.2) is 4.79 Å². The molecule has 2 amide bonds. The second-order valence-electron chi connectivity index (χ2n) is 5.17. The van der Waals surface area contributed by atoms with Crippen LogP contribution in [0.2, 0.25) is 0 Å². The molecule has 1 aromatic rings. The summed E-state index contributed by atoms with van der Waals surface area (Å²) in [4.78, 5) is 11.9. The lowest BCUT2D eigenvalue weighted by atomic mass is 10.0. The van der Waals surface area contributed by atoms with Crippen LogP contribution >= 0.6 is 0 Å². The normalized spacial score (nSPS) is 19.4. The third kappa shape index (κ3) is 4.70. The van der Waals surface area contributed by atoms with E-state index >= 15 is 0 Å². The molecule has 0 saturated carbocycles. The number of benzene rings is 1. The molecule has 0 spiro atoms. The molecule has 4 nitrogen and oxygen atoms in total. The summed E-state index contributed by atoms with van der Waals surface area (Å²) >= 11 is 0. The Morgan fingerprint density at radius 2 is 2.10 bits per heavy atom. The van der Waals surface area contributed by atoms with Gasteiger partial charge in [0.25, 0.3) is 0 Å². The van der Waals surface area contributed by atoms with E-state index in [0.717, 1.165) is 24.8 Å². The van der Waals surface area contributed by atoms with E-state index in [9.17, 15) is 9.90 Å². The zero-order valence-electron chi connectivity index (χ0n) is 11.6. The number of hydrogen-bond donors (Lipinski definition) is 3. The molecule has 1 aliphatic rings. The summed E-state index contributed by atoms with van der Waals surface area (Å²) in [5.74, 6) is 0. The van der Waals surface area contributed by atoms with Crippen molar-refractivity contribution in [3.05, 3.63) is 48.0 Å². The second kappa shape index (κ2) is 7.70. The fourth-order valence-electron chi connectivity index (χ4n) is 2.40. The Balaban J connectivity index is 1.80. The van der Waals surface area contributed by atoms with E-state index in [1.165, 1.54) is 0 Å². The summed E-state index contributed by atoms with van der Waals surface area (Å²) in [5.41, 5.74) is 1.10. The number of aliphatic hydroxyl groups is 1. The minimum Gasteiger partial charge on any atom is -0.394 e. The lowest BCUT2D eigenvalue weighted by Gasteiger charge is -2.22. The van der Waals surface area contributed by atoms with Crippen LogP contribution in [-0.2, 0) is 6.42 Å². The predicted molar refractivity (Wildman–Crippen MR) is 79.5 cm³/mol. The van der Waals surface area contributed by atoms with Gasteiger partial charge in [-0.05, 0) is 31.2 Å². The van der Waals surface area contributed by atoms with Crippen LogP contribution in [-0.4, -0.2) is 29.8 Å². The highest BCUT2D eigenvalue weighted by Crippen LogP contribution is 2.10. The summed E-state index contributed by atoms with van der Waals surface area (Å²) in [7, 11) is 0. The van der Waals surface area contributed by atoms with Crippen molar-refractivity contribution < 1.29 is 9.90 Å². The zero-order chi connectivity index (χ0) is 14.2. The summed E-state index contributed by atoms with van der Waals surface area (Å²) in [6, 6.07) is 9.61. The largest absolute Gasteiger partial charge is 0.394 e. The number of rotatable bonds is 5. The number of aliphatic hydroxyl groups excluding tert-OH is 1. The van der Waals surface area contributed by atoms with E-state index < -0.39 is 0 Å². The minimum atomic E-state index is -0.253. The van der Waals surface area contributed by atoms with Crippen molar-refractivity contribution in [2.75, 3.05) is 6.61 Å². The Kier molecular flexibility index (Phi) is 5.62. The van der Waals surface area contributed by atoms with Gasteiger partial charge in [0.2, 0.25) is 0 Å². The molecular formula is C16H22N2O2. The van der Waals surface area contributed by atoms with Crippen molar-refractivity contribution in [2.45, 2.75) is 37.8 Å². The van der Waals surface area contributed by atoms with Gasteiger partial charge in [-0.1, -0.05) is 42.5 Å². The maximum atomic E-state index is 11.9. The average Bonchev–Trinajstić information content (AvgIpc) is 2.48. The minimum absolute atomic E-state index is 0.0626. The van der Waals surface area contributed by atoms with Crippen molar-refractivity contribution in [1.29, 1.82) is 0 Å². The van der Waals surface area contributed by atoms with Crippen LogP contribution in [0, 0.1) is 0 Å². The van der Waals surface area contributed by atoms with E-state index in [2.05, 4.69) is 22.8 Å². The highest BCUT2D eigenvalue weighted by molar-refractivity contribution is 5.74. The van der Waals surface area contributed by atoms with Crippen LogP contribution in [0.15, 0.2) is 42.5 Å². The van der Waals surface area contributed by atoms with Gasteiger partial charge >= 0.3 is 6.03 Å². The van der Waals surface area contributed by atoms with Gasteiger partial charge in [0.05, 0.1) is 12.6 Å². The smallest absolute Gasteiger partial charge is 0.315 e. The zero-order valence-corrected chi connectivity index (χ0v) is 11.6. The highest BCUT2D eigenvalue weighted by Gasteiger charge is 2.16. The van der Waals surface area contributed by atoms with Gasteiger partial charge < -0.3 is 15.7 Å². The van der Waals surface area contributed by atoms with Gasteiger partial charge in [-0.15, -0.1) is 0 Å². The first-order valence-electron chi connectivity index (χ1n) is 7.14. The average molecular weight is 274 g/mol. The molecule has 2 atom stereocenters. The monoisotopic (exact) mass is 274 g/mol. The molecule has 20 heavy (non-hydrogen) atoms. The Morgan fingerprint density at radius 3 is 2.75 bits per heavy atom. The lowest BCUT2D eigenvalue weighted by Crippen LogP contribution is -2.48. The van der Waals surface area contributed by atoms with Crippen molar-refractivity contribution in [1.82, 2.24) is 10.6 Å². The molecule has 1 unspecified atom stereocenters. The van der Waals surface area contributed by atoms with Gasteiger partial charge in [-0.2, -0.15) is 0 Å². The number of urea groups is 1. The standard InChI is InChI=1S/C16H22N2O2/c19-12-15(11-13-7-3-1-4-8-13)18-16(20)17-14-9-5-2-6-10-14/h1-5,7-8,14-15,19H,6,9-12H2,(H2,17,18,20)/t14?,15-/m0/s1. The number of carbonyl (C=O) groups is 1. The molecule has 108 valence electrons. The highest BCUT2D eigenvalue weighted by atomic mass is 16.3. The summed E-state index contributed by atoms with van der Waals surface area (Å²) in [6.45, 7) is -0.0626. The van der Waals surface area contributed by atoms with Gasteiger partial charge in [0.15, 0.2) is 0 Å². The van der Waals surface area contributed by atoms with E-state index in [1.807, 2.05) is 30.3 Å². The number of carbonyl (C=O) groups excluding carboxylic acids is 1. The van der Waals surface area contributed by atoms with Crippen LogP contribution in [0.5, 0.6) is 0 Å². The molecule has 0 saturated heterocycles. The first-order valence-corrected chi connectivity index (χ1v) is 7.14. The molecule has 4 heteroatoms. The van der Waals surface area contributed by atoms with Crippen LogP contribution in [0.1, 0.15) is 24.8 Å². The summed E-state index contributed by atoms with van der Waals surface area (Å²) in [5, 5.41) is 15.2. The van der Waals surface area contributed by atoms with Gasteiger partial charge in [0.1, 0.15) is 0 Å². The second-order valence-corrected chi connectivity index (χ2v) is 5.17. The van der Waals surface area contributed by atoms with Crippen molar-refractivity contribution >= 4 is 6.03 Å². The molecule has 0 fully saturated rings. The molecule has 0 aliphatic heterocycles. The Labute approximate surface area is 119 Å². The van der Waals surface area contributed by atoms with Crippen LogP contribution in [0.3, 0.4) is 0 Å². The van der Waals surface area contributed by atoms with E-state index in [4.69, 9.17) is 0 Å². The topological polar surface area (TPSA) is 61.4 Å². The quantitative estimate of drug-likeness (QED) is 0.719. The molecule has 1 aromatic carbocycles. The van der Waals surface area contributed by atoms with Crippen LogP contribution in [0.4, 0.5) is 4.79 Å². The van der Waals surface area contributed by atoms with E-state index in [-0.39, 0.29) is 24.7 Å². The van der Waals surface area contributed by atoms with Crippen molar-refractivity contribution in [3.8, 4) is 0 Å². The van der Waals surface area contributed by atoms with Crippen LogP contribution in [0.25, 0.3) is 0 Å². The maximum Gasteiger partial charge on any atom is 0.315 e. The predicted octanol–water partition coefficient (Wildman–Crippen LogP) is 2.00. The Morgan fingerprint density at radius 1 is 1.30 bits per heavy atom. The fraction of sp³-hybridized carbons (Fsp3) is 0.438. The third-order valence-electron chi connectivity index (χ3n) is 3.48. The molecule has 2 rings (SSSR count). The number of hydrogen-bond acceptors (Lipinski definition) is 2. The van der Waals surface area contributed by atoms with Crippen molar-refractivity contribution in [3.63, 3.8) is 0 Å². The maximum absolute atomic E-state index is 11.9. The molecule has 3 N–H and O–H groups in total. The number of nitrogens with one attached hydrogen (secondary N) is 2. The number of amides is 2. The SMILES string of the molecule is O=C(NC1CC=CCC1)N[C@H](CO)Cc1ccccc1. The van der Waals surface area contributed by atoms with Gasteiger partial charge in [-0.3, -0.25) is 0 Å². The molecular weight excluding hydrogens is 252 g/mol. The number of allylic oxidation sites excluding steroid dienone is 1. The summed E-state index contributed by atoms with van der Waals surface area (Å²) in [6.07, 6.45) is 7.75. The van der Waals surface area contributed by atoms with Crippen LogP contribution < -0.4 is 10.6 Å². The first-order chi connectivity index (χ1) is 9.78. The van der Waals surface area contributed by atoms with Crippen molar-refractivity contribution in [2.24, 2.45) is 0 Å². The van der Waals surface area contributed by atoms with Gasteiger partial charge in [0, 0.05) is 6.04 Å². The molecule has 1 aliphatic carbocycles. The molecule has 0 bridgehead atoms. The molecule has 0 aromatic heterocycles. The van der Waals surface area contributed by atoms with E-state index in [1.54, 1.807) is 0 Å². The Hall–Kier alpha value is -1.81. The summed E-state index contributed by atoms with van der Waals surface area (Å²) < 4.78 is 0. The fourth-order valence-corrected chi connectivity index (χ4v) is 2.40. The molecule has 0 radical (unpaired) electrons. The first kappa shape index (κ1) is 14.6. The lowest BCUT2D eigenvalue weighted by molar-refractivity contribution is 0.212. The molecule has 0 heterocycles. The third-order valence-corrected chi connectivity index (χ3v) is 3.48.